The van der Waals surface area contributed by atoms with Crippen molar-refractivity contribution < 1.29 is 4.79 Å². The summed E-state index contributed by atoms with van der Waals surface area (Å²) in [6, 6.07) is 10.1. The van der Waals surface area contributed by atoms with Gasteiger partial charge < -0.3 is 10.2 Å². The van der Waals surface area contributed by atoms with Gasteiger partial charge in [-0.25, -0.2) is 0 Å². The summed E-state index contributed by atoms with van der Waals surface area (Å²) in [5, 5.41) is 4.45. The van der Waals surface area contributed by atoms with E-state index in [4.69, 9.17) is 16.6 Å². The molecule has 37 heavy (non-hydrogen) atoms. The van der Waals surface area contributed by atoms with Crippen LogP contribution in [0.25, 0.3) is 5.57 Å². The van der Waals surface area contributed by atoms with Gasteiger partial charge in [-0.1, -0.05) is 36.6 Å². The summed E-state index contributed by atoms with van der Waals surface area (Å²) in [6.07, 6.45) is 11.6. The molecule has 5 rings (SSSR count). The van der Waals surface area contributed by atoms with Gasteiger partial charge in [-0.3, -0.25) is 14.8 Å². The number of nitrogens with one attached hydrogen (secondary N) is 1. The van der Waals surface area contributed by atoms with E-state index in [1.807, 2.05) is 29.3 Å². The zero-order valence-corrected chi connectivity index (χ0v) is 23.5. The molecule has 1 fully saturated rings. The van der Waals surface area contributed by atoms with Gasteiger partial charge in [0, 0.05) is 54.4 Å². The molecule has 7 heteroatoms. The summed E-state index contributed by atoms with van der Waals surface area (Å²) in [4.78, 5) is 24.0. The van der Waals surface area contributed by atoms with Crippen molar-refractivity contribution in [2.75, 3.05) is 25.0 Å². The fourth-order valence-corrected chi connectivity index (χ4v) is 6.06. The van der Waals surface area contributed by atoms with Gasteiger partial charge in [0.25, 0.3) is 0 Å². The number of rotatable bonds is 6. The first-order valence-corrected chi connectivity index (χ1v) is 14.3. The fraction of sp³-hybridized carbons (Fsp3) is 0.367. The third kappa shape index (κ3) is 5.75. The molecular formula is C30H32BrClN4O. The minimum Gasteiger partial charge on any atom is -0.384 e. The van der Waals surface area contributed by atoms with Crippen LogP contribution in [-0.4, -0.2) is 40.4 Å². The van der Waals surface area contributed by atoms with E-state index in [-0.39, 0.29) is 5.91 Å². The number of aryl methyl sites for hydroxylation is 1. The van der Waals surface area contributed by atoms with Gasteiger partial charge >= 0.3 is 0 Å². The molecule has 2 aliphatic rings. The number of carbonyl (C=O) groups is 1. The molecule has 0 unspecified atom stereocenters. The average molecular weight is 580 g/mol. The Kier molecular flexibility index (Phi) is 8.26. The molecule has 1 amide bonds. The van der Waals surface area contributed by atoms with E-state index in [0.717, 1.165) is 84.6 Å². The number of piperidine rings is 1. The molecule has 1 saturated heterocycles. The zero-order valence-electron chi connectivity index (χ0n) is 21.2. The minimum absolute atomic E-state index is 0.174. The number of carbonyl (C=O) groups excluding carboxylic acids is 1. The van der Waals surface area contributed by atoms with Crippen molar-refractivity contribution in [2.45, 2.75) is 51.9 Å². The van der Waals surface area contributed by atoms with Crippen LogP contribution in [0.1, 0.15) is 60.6 Å². The van der Waals surface area contributed by atoms with Crippen LogP contribution in [0, 0.1) is 0 Å². The summed E-state index contributed by atoms with van der Waals surface area (Å²) in [5.74, 6) is 0.174. The van der Waals surface area contributed by atoms with E-state index in [0.29, 0.717) is 6.42 Å². The SMILES string of the molecule is CCCCNc1c(Br)cnc2c1CCc1cc(Cl)ccc1C2=C1CCN(C(=O)Cc2ccncc2)CC1. The number of fused-ring (bicyclic) bond motifs is 2. The van der Waals surface area contributed by atoms with Gasteiger partial charge in [-0.15, -0.1) is 0 Å². The number of unbranched alkanes of at least 4 members (excludes halogenated alkanes) is 1. The van der Waals surface area contributed by atoms with Crippen molar-refractivity contribution in [1.29, 1.82) is 0 Å². The summed E-state index contributed by atoms with van der Waals surface area (Å²) in [7, 11) is 0. The normalized spacial score (nSPS) is 15.2. The van der Waals surface area contributed by atoms with Gasteiger partial charge in [-0.2, -0.15) is 0 Å². The number of hydrogen-bond donors (Lipinski definition) is 1. The third-order valence-electron chi connectivity index (χ3n) is 7.36. The summed E-state index contributed by atoms with van der Waals surface area (Å²) >= 11 is 10.2. The van der Waals surface area contributed by atoms with Crippen LogP contribution in [0.15, 0.2) is 59.0 Å². The van der Waals surface area contributed by atoms with Gasteiger partial charge in [0.05, 0.1) is 22.3 Å². The lowest BCUT2D eigenvalue weighted by Crippen LogP contribution is -2.37. The highest BCUT2D eigenvalue weighted by atomic mass is 79.9. The average Bonchev–Trinajstić information content (AvgIpc) is 3.07. The molecule has 1 aliphatic carbocycles. The Balaban J connectivity index is 1.49. The lowest BCUT2D eigenvalue weighted by molar-refractivity contribution is -0.130. The van der Waals surface area contributed by atoms with E-state index < -0.39 is 0 Å². The van der Waals surface area contributed by atoms with Crippen LogP contribution in [0.3, 0.4) is 0 Å². The minimum atomic E-state index is 0.174. The smallest absolute Gasteiger partial charge is 0.227 e. The second-order valence-corrected chi connectivity index (χ2v) is 11.1. The highest BCUT2D eigenvalue weighted by Crippen LogP contribution is 2.42. The van der Waals surface area contributed by atoms with Crippen molar-refractivity contribution in [3.8, 4) is 0 Å². The maximum absolute atomic E-state index is 13.0. The van der Waals surface area contributed by atoms with Crippen molar-refractivity contribution >= 4 is 44.7 Å². The maximum atomic E-state index is 13.0. The van der Waals surface area contributed by atoms with Crippen LogP contribution >= 0.6 is 27.5 Å². The third-order valence-corrected chi connectivity index (χ3v) is 8.20. The van der Waals surface area contributed by atoms with E-state index in [2.05, 4.69) is 45.3 Å². The van der Waals surface area contributed by atoms with Crippen molar-refractivity contribution in [1.82, 2.24) is 14.9 Å². The number of amides is 1. The summed E-state index contributed by atoms with van der Waals surface area (Å²) in [6.45, 7) is 4.59. The number of nitrogens with zero attached hydrogens (tertiary/aromatic N) is 3. The van der Waals surface area contributed by atoms with Crippen molar-refractivity contribution in [3.05, 3.63) is 91.9 Å². The molecular weight excluding hydrogens is 548 g/mol. The predicted molar refractivity (Wildman–Crippen MR) is 154 cm³/mol. The molecule has 0 radical (unpaired) electrons. The number of halogens is 2. The second-order valence-electron chi connectivity index (χ2n) is 9.78. The Labute approximate surface area is 232 Å². The number of pyridine rings is 2. The van der Waals surface area contributed by atoms with E-state index in [1.165, 1.54) is 27.8 Å². The summed E-state index contributed by atoms with van der Waals surface area (Å²) < 4.78 is 1.01. The van der Waals surface area contributed by atoms with Gasteiger partial charge in [-0.05, 0) is 89.0 Å². The molecule has 1 aliphatic heterocycles. The van der Waals surface area contributed by atoms with Crippen LogP contribution in [0.5, 0.6) is 0 Å². The first-order valence-electron chi connectivity index (χ1n) is 13.1. The maximum Gasteiger partial charge on any atom is 0.227 e. The molecule has 0 spiro atoms. The van der Waals surface area contributed by atoms with E-state index in [1.54, 1.807) is 12.4 Å². The van der Waals surface area contributed by atoms with Gasteiger partial charge in [0.1, 0.15) is 0 Å². The Morgan fingerprint density at radius 3 is 2.65 bits per heavy atom. The predicted octanol–water partition coefficient (Wildman–Crippen LogP) is 6.87. The number of anilines is 1. The molecule has 3 heterocycles. The molecule has 192 valence electrons. The number of likely N-dealkylation sites (tertiary alicyclic amines) is 1. The molecule has 1 N–H and O–H groups in total. The number of benzene rings is 1. The first-order chi connectivity index (χ1) is 18.0. The molecule has 0 atom stereocenters. The van der Waals surface area contributed by atoms with Gasteiger partial charge in [0.2, 0.25) is 5.91 Å². The number of hydrogen-bond acceptors (Lipinski definition) is 4. The van der Waals surface area contributed by atoms with Crippen LogP contribution < -0.4 is 5.32 Å². The Morgan fingerprint density at radius 2 is 1.89 bits per heavy atom. The standard InChI is InChI=1S/C30H32BrClN4O/c1-2-3-12-34-29-25-6-4-22-18-23(32)5-7-24(22)28(30(25)35-19-26(29)31)21-10-15-36(16-11-21)27(37)17-20-8-13-33-14-9-20/h5,7-9,13-14,18-19H,2-4,6,10-12,15-17H2,1H3,(H,34,35). The molecule has 5 nitrogen and oxygen atoms in total. The number of aromatic nitrogens is 2. The molecule has 0 saturated carbocycles. The van der Waals surface area contributed by atoms with E-state index in [9.17, 15) is 4.79 Å². The van der Waals surface area contributed by atoms with Crippen molar-refractivity contribution in [2.24, 2.45) is 0 Å². The molecule has 2 aromatic heterocycles. The highest BCUT2D eigenvalue weighted by molar-refractivity contribution is 9.10. The van der Waals surface area contributed by atoms with Crippen LogP contribution in [0.4, 0.5) is 5.69 Å². The van der Waals surface area contributed by atoms with Crippen molar-refractivity contribution in [3.63, 3.8) is 0 Å². The Morgan fingerprint density at radius 1 is 1.11 bits per heavy atom. The van der Waals surface area contributed by atoms with Crippen LogP contribution in [0.2, 0.25) is 5.02 Å². The van der Waals surface area contributed by atoms with Crippen LogP contribution in [-0.2, 0) is 24.1 Å². The quantitative estimate of drug-likeness (QED) is 0.324. The highest BCUT2D eigenvalue weighted by Gasteiger charge is 2.28. The molecule has 1 aromatic carbocycles. The Bertz CT molecular complexity index is 1310. The fourth-order valence-electron chi connectivity index (χ4n) is 5.39. The molecule has 3 aromatic rings. The summed E-state index contributed by atoms with van der Waals surface area (Å²) in [5.41, 5.74) is 9.57. The second kappa shape index (κ2) is 11.8. The lowest BCUT2D eigenvalue weighted by atomic mass is 9.88. The molecule has 0 bridgehead atoms. The zero-order chi connectivity index (χ0) is 25.8. The largest absolute Gasteiger partial charge is 0.384 e. The lowest BCUT2D eigenvalue weighted by Gasteiger charge is -2.30. The van der Waals surface area contributed by atoms with Gasteiger partial charge in [0.15, 0.2) is 0 Å². The first kappa shape index (κ1) is 25.9. The topological polar surface area (TPSA) is 58.1 Å². The Hall–Kier alpha value is -2.70. The van der Waals surface area contributed by atoms with E-state index >= 15 is 0 Å². The monoisotopic (exact) mass is 578 g/mol.